The van der Waals surface area contributed by atoms with Crippen LogP contribution in [0.3, 0.4) is 0 Å². The number of fused-ring (bicyclic) bond motifs is 3. The van der Waals surface area contributed by atoms with E-state index < -0.39 is 11.8 Å². The predicted molar refractivity (Wildman–Crippen MR) is 123 cm³/mol. The molecule has 3 heterocycles. The van der Waals surface area contributed by atoms with Gasteiger partial charge in [0.25, 0.3) is 5.56 Å². The molecule has 1 aliphatic heterocycles. The van der Waals surface area contributed by atoms with Gasteiger partial charge < -0.3 is 19.5 Å². The van der Waals surface area contributed by atoms with Crippen molar-refractivity contribution in [3.8, 4) is 22.8 Å². The summed E-state index contributed by atoms with van der Waals surface area (Å²) < 4.78 is 11.5. The van der Waals surface area contributed by atoms with Gasteiger partial charge in [-0.3, -0.25) is 13.9 Å². The molecule has 2 aromatic carbocycles. The van der Waals surface area contributed by atoms with Gasteiger partial charge in [0.05, 0.1) is 28.9 Å². The molecule has 0 bridgehead atoms. The van der Waals surface area contributed by atoms with E-state index in [2.05, 4.69) is 15.9 Å². The Kier molecular flexibility index (Phi) is 4.75. The number of hydrogen-bond donors (Lipinski definition) is 2. The zero-order chi connectivity index (χ0) is 22.7. The largest absolute Gasteiger partial charge is 0.504 e. The molecule has 0 saturated heterocycles. The number of aromatic nitrogens is 3. The Morgan fingerprint density at radius 1 is 1.03 bits per heavy atom. The topological polar surface area (TPSA) is 98.6 Å². The number of halogens is 1. The molecule has 4 aromatic rings. The fourth-order valence-electron chi connectivity index (χ4n) is 4.47. The summed E-state index contributed by atoms with van der Waals surface area (Å²) in [4.78, 5) is 26.2. The zero-order valence-electron chi connectivity index (χ0n) is 17.4. The maximum atomic E-state index is 13.4. The highest BCUT2D eigenvalue weighted by Crippen LogP contribution is 2.42. The van der Waals surface area contributed by atoms with Gasteiger partial charge in [-0.1, -0.05) is 34.1 Å². The first-order chi connectivity index (χ1) is 15.3. The quantitative estimate of drug-likeness (QED) is 0.414. The summed E-state index contributed by atoms with van der Waals surface area (Å²) in [6.45, 7) is 0.860. The number of phenols is 2. The van der Waals surface area contributed by atoms with E-state index in [1.165, 1.54) is 23.7 Å². The van der Waals surface area contributed by atoms with Crippen LogP contribution in [0.4, 0.5) is 0 Å². The van der Waals surface area contributed by atoms with E-state index in [0.29, 0.717) is 41.0 Å². The van der Waals surface area contributed by atoms with Gasteiger partial charge >= 0.3 is 5.69 Å². The molecule has 0 radical (unpaired) electrons. The van der Waals surface area contributed by atoms with Crippen molar-refractivity contribution in [2.75, 3.05) is 6.61 Å². The number of ether oxygens (including phenoxy) is 1. The number of nitrogens with zero attached hydrogens (tertiary/aromatic N) is 3. The molecule has 0 saturated carbocycles. The van der Waals surface area contributed by atoms with Crippen LogP contribution >= 0.6 is 15.9 Å². The van der Waals surface area contributed by atoms with Crippen LogP contribution in [0.2, 0.25) is 0 Å². The second-order valence-corrected chi connectivity index (χ2v) is 8.74. The Labute approximate surface area is 190 Å². The van der Waals surface area contributed by atoms with E-state index in [1.54, 1.807) is 13.1 Å². The van der Waals surface area contributed by atoms with Crippen LogP contribution < -0.4 is 11.2 Å². The summed E-state index contributed by atoms with van der Waals surface area (Å²) in [5.41, 5.74) is 2.48. The third-order valence-electron chi connectivity index (χ3n) is 5.95. The maximum Gasteiger partial charge on any atom is 0.331 e. The molecule has 1 atom stereocenters. The molecule has 2 aromatic heterocycles. The number of phenolic OH excluding ortho intramolecular Hbond substituents is 2. The highest BCUT2D eigenvalue weighted by molar-refractivity contribution is 9.10. The third-order valence-corrected chi connectivity index (χ3v) is 6.45. The van der Waals surface area contributed by atoms with Gasteiger partial charge in [-0.15, -0.1) is 0 Å². The minimum atomic E-state index is -0.642. The monoisotopic (exact) mass is 497 g/mol. The molecular formula is C23H20BrN3O5. The lowest BCUT2D eigenvalue weighted by Gasteiger charge is -2.28. The molecule has 1 aliphatic rings. The van der Waals surface area contributed by atoms with Crippen LogP contribution in [-0.4, -0.2) is 30.5 Å². The Bertz CT molecular complexity index is 1520. The second-order valence-electron chi connectivity index (χ2n) is 7.82. The molecule has 8 nitrogen and oxygen atoms in total. The number of rotatable bonds is 2. The molecule has 32 heavy (non-hydrogen) atoms. The van der Waals surface area contributed by atoms with Crippen molar-refractivity contribution in [2.45, 2.75) is 12.6 Å². The van der Waals surface area contributed by atoms with Gasteiger partial charge in [0.2, 0.25) is 0 Å². The highest BCUT2D eigenvalue weighted by Gasteiger charge is 2.33. The van der Waals surface area contributed by atoms with Crippen molar-refractivity contribution >= 4 is 26.8 Å². The van der Waals surface area contributed by atoms with Crippen molar-refractivity contribution in [1.82, 2.24) is 13.7 Å². The first-order valence-corrected chi connectivity index (χ1v) is 10.8. The fraction of sp³-hybridized carbons (Fsp3) is 0.217. The van der Waals surface area contributed by atoms with E-state index >= 15 is 0 Å². The number of aryl methyl sites for hydroxylation is 1. The van der Waals surface area contributed by atoms with Gasteiger partial charge in [0.1, 0.15) is 6.10 Å². The van der Waals surface area contributed by atoms with Crippen molar-refractivity contribution in [1.29, 1.82) is 0 Å². The summed E-state index contributed by atoms with van der Waals surface area (Å²) in [5.74, 6) is -0.503. The van der Waals surface area contributed by atoms with Crippen LogP contribution in [0.5, 0.6) is 11.5 Å². The summed E-state index contributed by atoms with van der Waals surface area (Å²) in [6.07, 6.45) is -0.642. The average molecular weight is 498 g/mol. The summed E-state index contributed by atoms with van der Waals surface area (Å²) in [6, 6.07) is 12.2. The van der Waals surface area contributed by atoms with Crippen molar-refractivity contribution < 1.29 is 14.9 Å². The molecular weight excluding hydrogens is 478 g/mol. The molecule has 2 N–H and O–H groups in total. The van der Waals surface area contributed by atoms with Crippen LogP contribution in [0.15, 0.2) is 56.5 Å². The van der Waals surface area contributed by atoms with Gasteiger partial charge in [0.15, 0.2) is 11.5 Å². The molecule has 1 unspecified atom stereocenters. The first-order valence-electron chi connectivity index (χ1n) is 10.0. The Hall–Kier alpha value is -3.30. The minimum absolute atomic E-state index is 0.235. The zero-order valence-corrected chi connectivity index (χ0v) is 19.0. The van der Waals surface area contributed by atoms with Crippen LogP contribution in [0, 0.1) is 0 Å². The predicted octanol–water partition coefficient (Wildman–Crippen LogP) is 3.00. The van der Waals surface area contributed by atoms with E-state index in [-0.39, 0.29) is 17.1 Å². The fourth-order valence-corrected chi connectivity index (χ4v) is 4.87. The van der Waals surface area contributed by atoms with E-state index in [9.17, 15) is 19.8 Å². The number of aromatic hydroxyl groups is 2. The van der Waals surface area contributed by atoms with Gasteiger partial charge in [0, 0.05) is 30.7 Å². The first kappa shape index (κ1) is 20.6. The maximum absolute atomic E-state index is 13.4. The van der Waals surface area contributed by atoms with Crippen LogP contribution in [0.25, 0.3) is 22.2 Å². The molecule has 0 spiro atoms. The standard InChI is InChI=1S/C23H20BrN3O5/c1-25-19-17(22(30)26(2)23(25)31)18(12-4-3-5-14(24)10-12)27-8-9-32-21(20(19)27)13-6-7-15(28)16(29)11-13/h3-7,10-11,21,28-29H,8-9H2,1-2H3. The van der Waals surface area contributed by atoms with Crippen LogP contribution in [0.1, 0.15) is 17.4 Å². The highest BCUT2D eigenvalue weighted by atomic mass is 79.9. The molecule has 0 fully saturated rings. The smallest absolute Gasteiger partial charge is 0.331 e. The lowest BCUT2D eigenvalue weighted by Crippen LogP contribution is -2.37. The normalized spacial score (nSPS) is 15.8. The van der Waals surface area contributed by atoms with Crippen molar-refractivity contribution in [2.24, 2.45) is 14.1 Å². The lowest BCUT2D eigenvalue weighted by atomic mass is 10.0. The molecule has 0 amide bonds. The second kappa shape index (κ2) is 7.39. The minimum Gasteiger partial charge on any atom is -0.504 e. The van der Waals surface area contributed by atoms with E-state index in [0.717, 1.165) is 14.6 Å². The van der Waals surface area contributed by atoms with Crippen LogP contribution in [-0.2, 0) is 25.4 Å². The SMILES string of the molecule is Cn1c(=O)c2c(-c3cccc(Br)c3)n3c(c2n(C)c1=O)C(c1ccc(O)c(O)c1)OCC3. The van der Waals surface area contributed by atoms with Gasteiger partial charge in [-0.25, -0.2) is 4.79 Å². The molecule has 164 valence electrons. The summed E-state index contributed by atoms with van der Waals surface area (Å²) >= 11 is 3.51. The van der Waals surface area contributed by atoms with Gasteiger partial charge in [-0.2, -0.15) is 0 Å². The van der Waals surface area contributed by atoms with Gasteiger partial charge in [-0.05, 0) is 29.8 Å². The number of benzene rings is 2. The molecule has 0 aliphatic carbocycles. The summed E-state index contributed by atoms with van der Waals surface area (Å²) in [7, 11) is 3.10. The van der Waals surface area contributed by atoms with Crippen molar-refractivity contribution in [3.05, 3.63) is 79.0 Å². The van der Waals surface area contributed by atoms with E-state index in [1.807, 2.05) is 28.8 Å². The molecule has 9 heteroatoms. The Balaban J connectivity index is 1.94. The summed E-state index contributed by atoms with van der Waals surface area (Å²) in [5, 5.41) is 20.2. The van der Waals surface area contributed by atoms with E-state index in [4.69, 9.17) is 4.74 Å². The number of hydrogen-bond acceptors (Lipinski definition) is 5. The third kappa shape index (κ3) is 2.92. The Morgan fingerprint density at radius 2 is 1.81 bits per heavy atom. The molecule has 5 rings (SSSR count). The average Bonchev–Trinajstić information content (AvgIpc) is 3.13. The Morgan fingerprint density at radius 3 is 2.53 bits per heavy atom. The lowest BCUT2D eigenvalue weighted by molar-refractivity contribution is 0.0477. The van der Waals surface area contributed by atoms with Crippen molar-refractivity contribution in [3.63, 3.8) is 0 Å².